The summed E-state index contributed by atoms with van der Waals surface area (Å²) in [7, 11) is 0. The highest BCUT2D eigenvalue weighted by Gasteiger charge is 2.39. The van der Waals surface area contributed by atoms with Crippen molar-refractivity contribution in [2.75, 3.05) is 6.54 Å². The number of rotatable bonds is 4. The van der Waals surface area contributed by atoms with Crippen LogP contribution in [0.15, 0.2) is 24.4 Å². The summed E-state index contributed by atoms with van der Waals surface area (Å²) in [6.07, 6.45) is 3.01. The minimum absolute atomic E-state index is 0. The molecular formula is C17H19ClN6O3. The Labute approximate surface area is 161 Å². The van der Waals surface area contributed by atoms with Crippen molar-refractivity contribution in [2.45, 2.75) is 31.8 Å². The SMILES string of the molecule is Cl.NCCc1cn(-c2ccc3c(c2)C(=O)N(C2CCC(=O)NC2=O)C3)nn1. The van der Waals surface area contributed by atoms with E-state index in [9.17, 15) is 14.4 Å². The molecule has 0 radical (unpaired) electrons. The van der Waals surface area contributed by atoms with E-state index in [1.807, 2.05) is 12.1 Å². The van der Waals surface area contributed by atoms with Crippen molar-refractivity contribution in [1.82, 2.24) is 25.2 Å². The lowest BCUT2D eigenvalue weighted by molar-refractivity contribution is -0.136. The minimum Gasteiger partial charge on any atom is -0.330 e. The summed E-state index contributed by atoms with van der Waals surface area (Å²) in [5.74, 6) is -0.916. The molecule has 0 bridgehead atoms. The predicted molar refractivity (Wildman–Crippen MR) is 97.4 cm³/mol. The Balaban J connectivity index is 0.00000210. The molecule has 2 aliphatic heterocycles. The Morgan fingerprint density at radius 3 is 2.81 bits per heavy atom. The van der Waals surface area contributed by atoms with E-state index in [1.54, 1.807) is 16.9 Å². The number of nitrogens with one attached hydrogen (secondary N) is 1. The molecular weight excluding hydrogens is 372 g/mol. The van der Waals surface area contributed by atoms with Crippen LogP contribution in [0.5, 0.6) is 0 Å². The van der Waals surface area contributed by atoms with Crippen LogP contribution in [-0.4, -0.2) is 50.2 Å². The van der Waals surface area contributed by atoms with Gasteiger partial charge in [-0.1, -0.05) is 11.3 Å². The van der Waals surface area contributed by atoms with Gasteiger partial charge in [0.05, 0.1) is 17.6 Å². The van der Waals surface area contributed by atoms with Crippen molar-refractivity contribution in [3.63, 3.8) is 0 Å². The number of carbonyl (C=O) groups is 3. The number of nitrogens with zero attached hydrogens (tertiary/aromatic N) is 4. The van der Waals surface area contributed by atoms with Crippen LogP contribution in [0.25, 0.3) is 5.69 Å². The van der Waals surface area contributed by atoms with Crippen LogP contribution < -0.4 is 11.1 Å². The van der Waals surface area contributed by atoms with Crippen molar-refractivity contribution in [1.29, 1.82) is 0 Å². The van der Waals surface area contributed by atoms with Gasteiger partial charge in [-0.25, -0.2) is 4.68 Å². The molecule has 27 heavy (non-hydrogen) atoms. The number of amides is 3. The van der Waals surface area contributed by atoms with Crippen LogP contribution in [0.2, 0.25) is 0 Å². The predicted octanol–water partition coefficient (Wildman–Crippen LogP) is -0.0487. The second-order valence-electron chi connectivity index (χ2n) is 6.43. The standard InChI is InChI=1S/C17H18N6O3.ClH/c18-6-5-11-9-23(21-20-11)12-2-1-10-8-22(17(26)13(10)7-12)14-3-4-15(24)19-16(14)25;/h1-2,7,9,14H,3-6,8,18H2,(H,19,24,25);1H. The molecule has 4 rings (SSSR count). The fourth-order valence-corrected chi connectivity index (χ4v) is 3.37. The lowest BCUT2D eigenvalue weighted by atomic mass is 10.0. The quantitative estimate of drug-likeness (QED) is 0.705. The average Bonchev–Trinajstić information content (AvgIpc) is 3.20. The number of aromatic nitrogens is 3. The topological polar surface area (TPSA) is 123 Å². The van der Waals surface area contributed by atoms with Gasteiger partial charge in [0.25, 0.3) is 5.91 Å². The maximum Gasteiger partial charge on any atom is 0.255 e. The first-order valence-electron chi connectivity index (χ1n) is 8.46. The number of halogens is 1. The van der Waals surface area contributed by atoms with Crippen LogP contribution >= 0.6 is 12.4 Å². The lowest BCUT2D eigenvalue weighted by Gasteiger charge is -2.29. The molecule has 1 atom stereocenters. The lowest BCUT2D eigenvalue weighted by Crippen LogP contribution is -2.52. The number of imide groups is 1. The highest BCUT2D eigenvalue weighted by Crippen LogP contribution is 2.28. The van der Waals surface area contributed by atoms with Gasteiger partial charge in [-0.3, -0.25) is 19.7 Å². The van der Waals surface area contributed by atoms with Crippen LogP contribution in [0.4, 0.5) is 0 Å². The molecule has 1 aromatic carbocycles. The molecule has 0 saturated carbocycles. The van der Waals surface area contributed by atoms with E-state index in [-0.39, 0.29) is 30.6 Å². The molecule has 3 amide bonds. The number of fused-ring (bicyclic) bond motifs is 1. The van der Waals surface area contributed by atoms with Gasteiger partial charge in [-0.2, -0.15) is 0 Å². The zero-order valence-corrected chi connectivity index (χ0v) is 15.2. The molecule has 0 spiro atoms. The van der Waals surface area contributed by atoms with E-state index in [1.165, 1.54) is 4.90 Å². The van der Waals surface area contributed by atoms with Crippen molar-refractivity contribution >= 4 is 30.1 Å². The van der Waals surface area contributed by atoms with E-state index < -0.39 is 11.9 Å². The minimum atomic E-state index is -0.612. The Bertz CT molecular complexity index is 912. The van der Waals surface area contributed by atoms with Gasteiger partial charge in [-0.15, -0.1) is 17.5 Å². The zero-order chi connectivity index (χ0) is 18.3. The number of piperidine rings is 1. The summed E-state index contributed by atoms with van der Waals surface area (Å²) < 4.78 is 1.60. The number of carbonyl (C=O) groups excluding carboxylic acids is 3. The molecule has 3 N–H and O–H groups in total. The fraction of sp³-hybridized carbons (Fsp3) is 0.353. The second-order valence-corrected chi connectivity index (χ2v) is 6.43. The molecule has 9 nitrogen and oxygen atoms in total. The summed E-state index contributed by atoms with van der Waals surface area (Å²) in [6, 6.07) is 4.86. The molecule has 3 heterocycles. The van der Waals surface area contributed by atoms with Crippen molar-refractivity contribution in [3.05, 3.63) is 41.2 Å². The van der Waals surface area contributed by atoms with Crippen LogP contribution in [0.3, 0.4) is 0 Å². The normalized spacial score (nSPS) is 18.9. The second kappa shape index (κ2) is 7.45. The molecule has 10 heteroatoms. The monoisotopic (exact) mass is 390 g/mol. The van der Waals surface area contributed by atoms with Gasteiger partial charge in [0.1, 0.15) is 6.04 Å². The Morgan fingerprint density at radius 1 is 1.26 bits per heavy atom. The van der Waals surface area contributed by atoms with Gasteiger partial charge >= 0.3 is 0 Å². The molecule has 1 unspecified atom stereocenters. The van der Waals surface area contributed by atoms with Crippen LogP contribution in [0, 0.1) is 0 Å². The highest BCUT2D eigenvalue weighted by molar-refractivity contribution is 6.05. The third kappa shape index (κ3) is 3.43. The summed E-state index contributed by atoms with van der Waals surface area (Å²) in [5, 5.41) is 10.4. The molecule has 1 saturated heterocycles. The first-order chi connectivity index (χ1) is 12.6. The summed E-state index contributed by atoms with van der Waals surface area (Å²) in [5.41, 5.74) is 8.42. The van der Waals surface area contributed by atoms with E-state index in [4.69, 9.17) is 5.73 Å². The maximum absolute atomic E-state index is 12.8. The van der Waals surface area contributed by atoms with Gasteiger partial charge in [0, 0.05) is 24.9 Å². The van der Waals surface area contributed by atoms with E-state index in [0.29, 0.717) is 31.5 Å². The van der Waals surface area contributed by atoms with Crippen molar-refractivity contribution in [2.24, 2.45) is 5.73 Å². The van der Waals surface area contributed by atoms with Crippen LogP contribution in [0.1, 0.15) is 34.5 Å². The van der Waals surface area contributed by atoms with E-state index in [0.717, 1.165) is 16.9 Å². The molecule has 142 valence electrons. The maximum atomic E-state index is 12.8. The number of hydrogen-bond acceptors (Lipinski definition) is 6. The van der Waals surface area contributed by atoms with Gasteiger partial charge in [0.15, 0.2) is 0 Å². The number of hydrogen-bond donors (Lipinski definition) is 2. The fourth-order valence-electron chi connectivity index (χ4n) is 3.37. The number of benzene rings is 1. The van der Waals surface area contributed by atoms with Gasteiger partial charge < -0.3 is 10.6 Å². The largest absolute Gasteiger partial charge is 0.330 e. The average molecular weight is 391 g/mol. The van der Waals surface area contributed by atoms with Crippen molar-refractivity contribution in [3.8, 4) is 5.69 Å². The third-order valence-corrected chi connectivity index (χ3v) is 4.72. The summed E-state index contributed by atoms with van der Waals surface area (Å²) >= 11 is 0. The van der Waals surface area contributed by atoms with Gasteiger partial charge in [-0.05, 0) is 30.7 Å². The molecule has 0 aliphatic carbocycles. The third-order valence-electron chi connectivity index (χ3n) is 4.72. The highest BCUT2D eigenvalue weighted by atomic mass is 35.5. The zero-order valence-electron chi connectivity index (χ0n) is 14.4. The first kappa shape index (κ1) is 19.0. The van der Waals surface area contributed by atoms with Crippen LogP contribution in [-0.2, 0) is 22.6 Å². The Hall–Kier alpha value is -2.78. The van der Waals surface area contributed by atoms with E-state index >= 15 is 0 Å². The van der Waals surface area contributed by atoms with Gasteiger partial charge in [0.2, 0.25) is 11.8 Å². The van der Waals surface area contributed by atoms with Crippen molar-refractivity contribution < 1.29 is 14.4 Å². The first-order valence-corrected chi connectivity index (χ1v) is 8.46. The molecule has 1 fully saturated rings. The number of nitrogens with two attached hydrogens (primary N) is 1. The summed E-state index contributed by atoms with van der Waals surface area (Å²) in [4.78, 5) is 37.7. The Morgan fingerprint density at radius 2 is 2.07 bits per heavy atom. The molecule has 2 aromatic rings. The smallest absolute Gasteiger partial charge is 0.255 e. The Kier molecular flexibility index (Phi) is 5.24. The summed E-state index contributed by atoms with van der Waals surface area (Å²) in [6.45, 7) is 0.846. The molecule has 1 aromatic heterocycles. The molecule has 2 aliphatic rings. The van der Waals surface area contributed by atoms with E-state index in [2.05, 4.69) is 15.6 Å².